The van der Waals surface area contributed by atoms with Gasteiger partial charge in [-0.15, -0.1) is 0 Å². The third-order valence-corrected chi connectivity index (χ3v) is 3.15. The van der Waals surface area contributed by atoms with Crippen molar-refractivity contribution in [1.82, 2.24) is 9.55 Å². The Kier molecular flexibility index (Phi) is 4.24. The molecule has 1 saturated heterocycles. The van der Waals surface area contributed by atoms with Crippen molar-refractivity contribution in [2.45, 2.75) is 18.4 Å². The minimum Gasteiger partial charge on any atom is -0.394 e. The van der Waals surface area contributed by atoms with E-state index in [1.807, 2.05) is 0 Å². The van der Waals surface area contributed by atoms with E-state index in [4.69, 9.17) is 21.4 Å². The van der Waals surface area contributed by atoms with Crippen LogP contribution >= 0.6 is 11.6 Å². The molecule has 3 atom stereocenters. The van der Waals surface area contributed by atoms with Crippen LogP contribution in [0.3, 0.4) is 0 Å². The summed E-state index contributed by atoms with van der Waals surface area (Å²) < 4.78 is 6.44. The molecule has 0 bridgehead atoms. The Morgan fingerprint density at radius 2 is 2.25 bits per heavy atom. The number of aromatic amines is 1. The molecule has 0 amide bonds. The zero-order valence-electron chi connectivity index (χ0n) is 10.3. The van der Waals surface area contributed by atoms with Crippen molar-refractivity contribution in [3.05, 3.63) is 50.3 Å². The molecular formula is C12H13ClN2O5. The molecule has 8 heteroatoms. The lowest BCUT2D eigenvalue weighted by Gasteiger charge is -2.15. The molecule has 3 N–H and O–H groups in total. The summed E-state index contributed by atoms with van der Waals surface area (Å²) in [6, 6.07) is 0. The number of hydrogen-bond donors (Lipinski definition) is 3. The van der Waals surface area contributed by atoms with Crippen molar-refractivity contribution in [2.75, 3.05) is 6.61 Å². The Balaban J connectivity index is 2.48. The standard InChI is InChI=1S/C12H13ClN2O5/c1-6-9(17)8(5-16)20-11(6)15-4-7(2-3-13)10(18)14-12(15)19/h2-4,8-9,11,16-17H,1,5H2,(H,14,18,19)/b3-2+/t8-,9+,11-/m1/s1. The fourth-order valence-corrected chi connectivity index (χ4v) is 2.10. The predicted molar refractivity (Wildman–Crippen MR) is 72.4 cm³/mol. The SMILES string of the molecule is C=C1[C@H](n2cc(/C=C/Cl)c(=O)[nH]c2=O)O[C@H](CO)[C@H]1O. The van der Waals surface area contributed by atoms with E-state index < -0.39 is 36.3 Å². The molecule has 1 aliphatic rings. The maximum Gasteiger partial charge on any atom is 0.330 e. The van der Waals surface area contributed by atoms with Gasteiger partial charge in [-0.05, 0) is 6.08 Å². The highest BCUT2D eigenvalue weighted by Crippen LogP contribution is 2.31. The van der Waals surface area contributed by atoms with E-state index in [1.54, 1.807) is 0 Å². The maximum absolute atomic E-state index is 11.8. The lowest BCUT2D eigenvalue weighted by Crippen LogP contribution is -2.33. The van der Waals surface area contributed by atoms with Gasteiger partial charge in [0.05, 0.1) is 12.2 Å². The zero-order chi connectivity index (χ0) is 14.9. The largest absolute Gasteiger partial charge is 0.394 e. The Morgan fingerprint density at radius 3 is 2.80 bits per heavy atom. The molecule has 0 unspecified atom stereocenters. The molecule has 1 aromatic heterocycles. The average molecular weight is 301 g/mol. The number of nitrogens with zero attached hydrogens (tertiary/aromatic N) is 1. The highest BCUT2D eigenvalue weighted by Gasteiger charge is 2.38. The molecule has 0 aliphatic carbocycles. The molecule has 0 radical (unpaired) electrons. The van der Waals surface area contributed by atoms with Crippen LogP contribution in [0.15, 0.2) is 33.5 Å². The fourth-order valence-electron chi connectivity index (χ4n) is 1.96. The van der Waals surface area contributed by atoms with Crippen LogP contribution in [0.4, 0.5) is 0 Å². The van der Waals surface area contributed by atoms with Gasteiger partial charge in [0.25, 0.3) is 5.56 Å². The van der Waals surface area contributed by atoms with Crippen LogP contribution in [-0.4, -0.2) is 38.6 Å². The first-order valence-electron chi connectivity index (χ1n) is 5.75. The molecular weight excluding hydrogens is 288 g/mol. The minimum atomic E-state index is -1.09. The molecule has 108 valence electrons. The number of ether oxygens (including phenoxy) is 1. The van der Waals surface area contributed by atoms with Crippen LogP contribution < -0.4 is 11.2 Å². The summed E-state index contributed by atoms with van der Waals surface area (Å²) in [6.07, 6.45) is -0.348. The van der Waals surface area contributed by atoms with Gasteiger partial charge in [0, 0.05) is 17.3 Å². The van der Waals surface area contributed by atoms with Crippen LogP contribution in [0, 0.1) is 0 Å². The number of hydrogen-bond acceptors (Lipinski definition) is 5. The van der Waals surface area contributed by atoms with Gasteiger partial charge in [-0.3, -0.25) is 14.3 Å². The predicted octanol–water partition coefficient (Wildman–Crippen LogP) is -0.447. The van der Waals surface area contributed by atoms with Gasteiger partial charge in [-0.25, -0.2) is 4.79 Å². The first kappa shape index (κ1) is 14.7. The summed E-state index contributed by atoms with van der Waals surface area (Å²) in [5, 5.41) is 18.9. The molecule has 1 aliphatic heterocycles. The first-order chi connectivity index (χ1) is 9.49. The number of halogens is 1. The van der Waals surface area contributed by atoms with E-state index in [1.165, 1.54) is 12.3 Å². The van der Waals surface area contributed by atoms with Crippen LogP contribution in [0.5, 0.6) is 0 Å². The normalized spacial score (nSPS) is 26.6. The molecule has 1 fully saturated rings. The number of aliphatic hydroxyl groups excluding tert-OH is 2. The van der Waals surface area contributed by atoms with E-state index in [-0.39, 0.29) is 11.1 Å². The van der Waals surface area contributed by atoms with Crippen molar-refractivity contribution >= 4 is 17.7 Å². The van der Waals surface area contributed by atoms with Gasteiger partial charge in [0.2, 0.25) is 0 Å². The molecule has 7 nitrogen and oxygen atoms in total. The molecule has 1 aromatic rings. The van der Waals surface area contributed by atoms with Gasteiger partial charge >= 0.3 is 5.69 Å². The highest BCUT2D eigenvalue weighted by atomic mass is 35.5. The molecule has 0 spiro atoms. The summed E-state index contributed by atoms with van der Waals surface area (Å²) in [5.41, 5.74) is 0.205. The lowest BCUT2D eigenvalue weighted by atomic mass is 10.1. The minimum absolute atomic E-state index is 0.151. The molecule has 20 heavy (non-hydrogen) atoms. The smallest absolute Gasteiger partial charge is 0.330 e. The van der Waals surface area contributed by atoms with Crippen molar-refractivity contribution in [2.24, 2.45) is 0 Å². The highest BCUT2D eigenvalue weighted by molar-refractivity contribution is 6.27. The van der Waals surface area contributed by atoms with Gasteiger partial charge in [-0.2, -0.15) is 0 Å². The first-order valence-corrected chi connectivity index (χ1v) is 6.18. The van der Waals surface area contributed by atoms with Crippen molar-refractivity contribution in [1.29, 1.82) is 0 Å². The van der Waals surface area contributed by atoms with E-state index >= 15 is 0 Å². The molecule has 0 aromatic carbocycles. The van der Waals surface area contributed by atoms with Gasteiger partial charge in [0.15, 0.2) is 6.23 Å². The van der Waals surface area contributed by atoms with Crippen LogP contribution in [0.25, 0.3) is 6.08 Å². The second-order valence-corrected chi connectivity index (χ2v) is 4.52. The summed E-state index contributed by atoms with van der Waals surface area (Å²) in [4.78, 5) is 25.5. The monoisotopic (exact) mass is 300 g/mol. The quantitative estimate of drug-likeness (QED) is 0.656. The van der Waals surface area contributed by atoms with Crippen LogP contribution in [0.1, 0.15) is 11.8 Å². The third kappa shape index (κ3) is 2.48. The molecule has 0 saturated carbocycles. The average Bonchev–Trinajstić information content (AvgIpc) is 2.70. The van der Waals surface area contributed by atoms with Gasteiger partial charge in [0.1, 0.15) is 12.2 Å². The van der Waals surface area contributed by atoms with E-state index in [9.17, 15) is 14.7 Å². The number of rotatable bonds is 3. The fraction of sp³-hybridized carbons (Fsp3) is 0.333. The van der Waals surface area contributed by atoms with E-state index in [0.717, 1.165) is 10.1 Å². The third-order valence-electron chi connectivity index (χ3n) is 3.02. The molecule has 2 rings (SSSR count). The van der Waals surface area contributed by atoms with Crippen molar-refractivity contribution in [3.8, 4) is 0 Å². The Hall–Kier alpha value is -1.67. The number of aromatic nitrogens is 2. The van der Waals surface area contributed by atoms with Crippen molar-refractivity contribution < 1.29 is 14.9 Å². The van der Waals surface area contributed by atoms with Crippen LogP contribution in [-0.2, 0) is 4.74 Å². The van der Waals surface area contributed by atoms with Crippen LogP contribution in [0.2, 0.25) is 0 Å². The zero-order valence-corrected chi connectivity index (χ0v) is 11.1. The Labute approximate surface area is 118 Å². The summed E-state index contributed by atoms with van der Waals surface area (Å²) in [7, 11) is 0. The summed E-state index contributed by atoms with van der Waals surface area (Å²) in [5.74, 6) is 0. The number of aliphatic hydroxyl groups is 2. The second kappa shape index (κ2) is 5.76. The van der Waals surface area contributed by atoms with Gasteiger partial charge < -0.3 is 14.9 Å². The topological polar surface area (TPSA) is 105 Å². The summed E-state index contributed by atoms with van der Waals surface area (Å²) >= 11 is 5.41. The number of nitrogens with one attached hydrogen (secondary N) is 1. The summed E-state index contributed by atoms with van der Waals surface area (Å²) in [6.45, 7) is 3.23. The number of H-pyrrole nitrogens is 1. The Bertz CT molecular complexity index is 663. The van der Waals surface area contributed by atoms with E-state index in [2.05, 4.69) is 11.6 Å². The van der Waals surface area contributed by atoms with Gasteiger partial charge in [-0.1, -0.05) is 18.2 Å². The maximum atomic E-state index is 11.8. The molecule has 2 heterocycles. The lowest BCUT2D eigenvalue weighted by molar-refractivity contribution is -0.0447. The second-order valence-electron chi connectivity index (χ2n) is 4.27. The Morgan fingerprint density at radius 1 is 1.55 bits per heavy atom. The van der Waals surface area contributed by atoms with E-state index in [0.29, 0.717) is 0 Å². The van der Waals surface area contributed by atoms with Crippen molar-refractivity contribution in [3.63, 3.8) is 0 Å².